The van der Waals surface area contributed by atoms with E-state index in [-0.39, 0.29) is 11.5 Å². The third kappa shape index (κ3) is 3.24. The molecule has 0 N–H and O–H groups in total. The SMILES string of the molecule is CCC(Cc1ccc(C)cc1)c1c(F)cc(C)cc1F. The molecule has 2 heteroatoms. The van der Waals surface area contributed by atoms with Gasteiger partial charge in [0, 0.05) is 5.56 Å². The van der Waals surface area contributed by atoms with Crippen LogP contribution in [0.5, 0.6) is 0 Å². The molecule has 0 aromatic heterocycles. The summed E-state index contributed by atoms with van der Waals surface area (Å²) < 4.78 is 28.2. The molecule has 0 aliphatic heterocycles. The highest BCUT2D eigenvalue weighted by molar-refractivity contribution is 5.31. The van der Waals surface area contributed by atoms with Crippen LogP contribution >= 0.6 is 0 Å². The van der Waals surface area contributed by atoms with Gasteiger partial charge in [0.15, 0.2) is 0 Å². The molecule has 0 saturated carbocycles. The van der Waals surface area contributed by atoms with Crippen molar-refractivity contribution in [3.8, 4) is 0 Å². The second-order valence-corrected chi connectivity index (χ2v) is 5.44. The van der Waals surface area contributed by atoms with Crippen molar-refractivity contribution in [3.05, 3.63) is 70.3 Å². The largest absolute Gasteiger partial charge is 0.207 e. The Morgan fingerprint density at radius 1 is 0.900 bits per heavy atom. The van der Waals surface area contributed by atoms with Gasteiger partial charge >= 0.3 is 0 Å². The molecule has 0 aliphatic rings. The Balaban J connectivity index is 2.31. The standard InChI is InChI=1S/C18H20F2/c1-4-15(11-14-7-5-12(2)6-8-14)18-16(19)9-13(3)10-17(18)20/h5-10,15H,4,11H2,1-3H3. The first-order valence-corrected chi connectivity index (χ1v) is 7.02. The summed E-state index contributed by atoms with van der Waals surface area (Å²) in [5, 5.41) is 0. The molecule has 2 aromatic carbocycles. The van der Waals surface area contributed by atoms with Gasteiger partial charge in [-0.15, -0.1) is 0 Å². The lowest BCUT2D eigenvalue weighted by molar-refractivity contribution is 0.511. The minimum atomic E-state index is -0.429. The van der Waals surface area contributed by atoms with Crippen LogP contribution in [0.25, 0.3) is 0 Å². The van der Waals surface area contributed by atoms with Gasteiger partial charge in [-0.25, -0.2) is 8.78 Å². The third-order valence-electron chi connectivity index (χ3n) is 3.73. The van der Waals surface area contributed by atoms with Crippen LogP contribution in [0.1, 0.15) is 41.5 Å². The number of aryl methyl sites for hydroxylation is 2. The number of halogens is 2. The lowest BCUT2D eigenvalue weighted by atomic mass is 9.88. The van der Waals surface area contributed by atoms with E-state index in [9.17, 15) is 8.78 Å². The van der Waals surface area contributed by atoms with Gasteiger partial charge in [0.25, 0.3) is 0 Å². The molecule has 0 amide bonds. The van der Waals surface area contributed by atoms with Crippen molar-refractivity contribution in [1.82, 2.24) is 0 Å². The molecular formula is C18H20F2. The molecule has 0 radical (unpaired) electrons. The van der Waals surface area contributed by atoms with Crippen LogP contribution in [-0.2, 0) is 6.42 Å². The summed E-state index contributed by atoms with van der Waals surface area (Å²) in [5.41, 5.74) is 3.14. The van der Waals surface area contributed by atoms with Gasteiger partial charge < -0.3 is 0 Å². The van der Waals surface area contributed by atoms with Gasteiger partial charge in [-0.05, 0) is 55.9 Å². The molecule has 1 unspecified atom stereocenters. The summed E-state index contributed by atoms with van der Waals surface area (Å²) >= 11 is 0. The van der Waals surface area contributed by atoms with Crippen LogP contribution < -0.4 is 0 Å². The van der Waals surface area contributed by atoms with Gasteiger partial charge in [-0.2, -0.15) is 0 Å². The van der Waals surface area contributed by atoms with Crippen molar-refractivity contribution in [2.45, 2.75) is 39.5 Å². The summed E-state index contributed by atoms with van der Waals surface area (Å²) in [6, 6.07) is 10.9. The molecule has 0 bridgehead atoms. The minimum Gasteiger partial charge on any atom is -0.207 e. The molecular weight excluding hydrogens is 254 g/mol. The predicted octanol–water partition coefficient (Wildman–Crippen LogP) is 5.32. The fraction of sp³-hybridized carbons (Fsp3) is 0.333. The van der Waals surface area contributed by atoms with Crippen molar-refractivity contribution in [3.63, 3.8) is 0 Å². The Kier molecular flexibility index (Phi) is 4.53. The van der Waals surface area contributed by atoms with E-state index >= 15 is 0 Å². The van der Waals surface area contributed by atoms with Gasteiger partial charge in [0.1, 0.15) is 11.6 Å². The molecule has 0 heterocycles. The zero-order chi connectivity index (χ0) is 14.7. The Bertz CT molecular complexity index is 562. The molecule has 0 nitrogen and oxygen atoms in total. The van der Waals surface area contributed by atoms with Gasteiger partial charge in [0.05, 0.1) is 0 Å². The first-order valence-electron chi connectivity index (χ1n) is 7.02. The summed E-state index contributed by atoms with van der Waals surface area (Å²) in [4.78, 5) is 0. The second kappa shape index (κ2) is 6.17. The third-order valence-corrected chi connectivity index (χ3v) is 3.73. The van der Waals surface area contributed by atoms with E-state index in [1.54, 1.807) is 6.92 Å². The van der Waals surface area contributed by atoms with Crippen LogP contribution in [0.2, 0.25) is 0 Å². The van der Waals surface area contributed by atoms with Crippen LogP contribution in [0.4, 0.5) is 8.78 Å². The first kappa shape index (κ1) is 14.7. The summed E-state index contributed by atoms with van der Waals surface area (Å²) in [6.45, 7) is 5.70. The van der Waals surface area contributed by atoms with E-state index in [1.165, 1.54) is 17.7 Å². The second-order valence-electron chi connectivity index (χ2n) is 5.44. The molecule has 0 fully saturated rings. The molecule has 20 heavy (non-hydrogen) atoms. The van der Waals surface area contributed by atoms with E-state index in [0.29, 0.717) is 18.4 Å². The Morgan fingerprint density at radius 2 is 1.45 bits per heavy atom. The molecule has 0 aliphatic carbocycles. The summed E-state index contributed by atoms with van der Waals surface area (Å²) in [6.07, 6.45) is 1.37. The fourth-order valence-corrected chi connectivity index (χ4v) is 2.56. The Morgan fingerprint density at radius 3 is 1.95 bits per heavy atom. The van der Waals surface area contributed by atoms with E-state index in [2.05, 4.69) is 0 Å². The highest BCUT2D eigenvalue weighted by Gasteiger charge is 2.19. The maximum atomic E-state index is 14.1. The van der Waals surface area contributed by atoms with E-state index in [1.807, 2.05) is 38.1 Å². The van der Waals surface area contributed by atoms with Crippen LogP contribution in [0, 0.1) is 25.5 Å². The van der Waals surface area contributed by atoms with Crippen molar-refractivity contribution >= 4 is 0 Å². The van der Waals surface area contributed by atoms with Gasteiger partial charge in [-0.1, -0.05) is 36.8 Å². The molecule has 0 saturated heterocycles. The van der Waals surface area contributed by atoms with Crippen molar-refractivity contribution in [1.29, 1.82) is 0 Å². The van der Waals surface area contributed by atoms with Crippen molar-refractivity contribution in [2.75, 3.05) is 0 Å². The van der Waals surface area contributed by atoms with Crippen LogP contribution in [0.3, 0.4) is 0 Å². The Hall–Kier alpha value is -1.70. The quantitative estimate of drug-likeness (QED) is 0.708. The average molecular weight is 274 g/mol. The average Bonchev–Trinajstić information content (AvgIpc) is 2.38. The van der Waals surface area contributed by atoms with Crippen molar-refractivity contribution in [2.24, 2.45) is 0 Å². The van der Waals surface area contributed by atoms with Crippen LogP contribution in [-0.4, -0.2) is 0 Å². The summed E-state index contributed by atoms with van der Waals surface area (Å²) in [7, 11) is 0. The summed E-state index contributed by atoms with van der Waals surface area (Å²) in [5.74, 6) is -0.985. The predicted molar refractivity (Wildman–Crippen MR) is 79.0 cm³/mol. The first-order chi connectivity index (χ1) is 9.51. The lowest BCUT2D eigenvalue weighted by Gasteiger charge is -2.18. The van der Waals surface area contributed by atoms with Crippen molar-refractivity contribution < 1.29 is 8.78 Å². The van der Waals surface area contributed by atoms with E-state index in [4.69, 9.17) is 0 Å². The number of benzene rings is 2. The zero-order valence-corrected chi connectivity index (χ0v) is 12.2. The van der Waals surface area contributed by atoms with Gasteiger partial charge in [-0.3, -0.25) is 0 Å². The normalized spacial score (nSPS) is 12.4. The molecule has 106 valence electrons. The highest BCUT2D eigenvalue weighted by atomic mass is 19.1. The minimum absolute atomic E-state index is 0.127. The highest BCUT2D eigenvalue weighted by Crippen LogP contribution is 2.29. The topological polar surface area (TPSA) is 0 Å². The monoisotopic (exact) mass is 274 g/mol. The number of rotatable bonds is 4. The fourth-order valence-electron chi connectivity index (χ4n) is 2.56. The molecule has 1 atom stereocenters. The van der Waals surface area contributed by atoms with Gasteiger partial charge in [0.2, 0.25) is 0 Å². The number of hydrogen-bond donors (Lipinski definition) is 0. The maximum absolute atomic E-state index is 14.1. The Labute approximate surface area is 119 Å². The molecule has 2 rings (SSSR count). The van der Waals surface area contributed by atoms with Crippen LogP contribution in [0.15, 0.2) is 36.4 Å². The van der Waals surface area contributed by atoms with E-state index < -0.39 is 11.6 Å². The molecule has 2 aromatic rings. The molecule has 0 spiro atoms. The number of hydrogen-bond acceptors (Lipinski definition) is 0. The maximum Gasteiger partial charge on any atom is 0.129 e. The van der Waals surface area contributed by atoms with E-state index in [0.717, 1.165) is 5.56 Å². The smallest absolute Gasteiger partial charge is 0.129 e. The zero-order valence-electron chi connectivity index (χ0n) is 12.2. The lowest BCUT2D eigenvalue weighted by Crippen LogP contribution is -2.08.